The minimum atomic E-state index is -0.422. The third-order valence-electron chi connectivity index (χ3n) is 3.95. The van der Waals surface area contributed by atoms with E-state index in [4.69, 9.17) is 9.47 Å². The zero-order valence-corrected chi connectivity index (χ0v) is 16.2. The third kappa shape index (κ3) is 5.13. The van der Waals surface area contributed by atoms with E-state index in [0.29, 0.717) is 30.2 Å². The first kappa shape index (κ1) is 19.9. The molecule has 0 aliphatic carbocycles. The summed E-state index contributed by atoms with van der Waals surface area (Å²) in [4.78, 5) is 12.3. The van der Waals surface area contributed by atoms with Crippen molar-refractivity contribution in [2.24, 2.45) is 5.10 Å². The van der Waals surface area contributed by atoms with Crippen LogP contribution in [0.3, 0.4) is 0 Å². The molecular weight excluding hydrogens is 372 g/mol. The summed E-state index contributed by atoms with van der Waals surface area (Å²) in [6, 6.07) is 13.9. The zero-order chi connectivity index (χ0) is 20.6. The van der Waals surface area contributed by atoms with Crippen LogP contribution in [0.1, 0.15) is 29.9 Å². The highest BCUT2D eigenvalue weighted by Gasteiger charge is 2.10. The van der Waals surface area contributed by atoms with Crippen LogP contribution in [-0.2, 0) is 0 Å². The molecule has 8 heteroatoms. The van der Waals surface area contributed by atoms with E-state index >= 15 is 0 Å². The number of phenols is 1. The van der Waals surface area contributed by atoms with Crippen LogP contribution < -0.4 is 14.9 Å². The quantitative estimate of drug-likeness (QED) is 0.401. The molecule has 0 fully saturated rings. The number of aromatic nitrogens is 2. The molecule has 1 amide bonds. The van der Waals surface area contributed by atoms with Gasteiger partial charge in [-0.1, -0.05) is 0 Å². The van der Waals surface area contributed by atoms with Gasteiger partial charge in [0, 0.05) is 5.56 Å². The number of nitrogens with zero attached hydrogens (tertiary/aromatic N) is 2. The fraction of sp³-hybridized carbons (Fsp3) is 0.190. The summed E-state index contributed by atoms with van der Waals surface area (Å²) in [7, 11) is 0. The summed E-state index contributed by atoms with van der Waals surface area (Å²) in [6.45, 7) is 4.78. The molecule has 0 saturated heterocycles. The molecule has 3 N–H and O–H groups in total. The van der Waals surface area contributed by atoms with Crippen LogP contribution in [0.25, 0.3) is 11.3 Å². The highest BCUT2D eigenvalue weighted by Crippen LogP contribution is 2.26. The minimum Gasteiger partial charge on any atom is -0.504 e. The molecule has 0 aliphatic rings. The lowest BCUT2D eigenvalue weighted by atomic mass is 10.1. The van der Waals surface area contributed by atoms with Gasteiger partial charge in [0.05, 0.1) is 25.1 Å². The fourth-order valence-electron chi connectivity index (χ4n) is 2.58. The Morgan fingerprint density at radius 2 is 1.90 bits per heavy atom. The summed E-state index contributed by atoms with van der Waals surface area (Å²) in [5, 5.41) is 20.5. The van der Waals surface area contributed by atoms with Crippen molar-refractivity contribution in [3.8, 4) is 28.5 Å². The van der Waals surface area contributed by atoms with Gasteiger partial charge in [0.1, 0.15) is 11.4 Å². The first-order valence-electron chi connectivity index (χ1n) is 9.18. The lowest BCUT2D eigenvalue weighted by Gasteiger charge is -2.05. The number of ether oxygens (including phenoxy) is 2. The Hall–Kier alpha value is -3.81. The number of amides is 1. The van der Waals surface area contributed by atoms with Crippen LogP contribution in [0.5, 0.6) is 17.2 Å². The average molecular weight is 394 g/mol. The van der Waals surface area contributed by atoms with Crippen molar-refractivity contribution < 1.29 is 19.4 Å². The molecule has 1 aromatic heterocycles. The lowest BCUT2D eigenvalue weighted by molar-refractivity contribution is 0.0950. The summed E-state index contributed by atoms with van der Waals surface area (Å²) in [6.07, 6.45) is 1.46. The predicted molar refractivity (Wildman–Crippen MR) is 110 cm³/mol. The van der Waals surface area contributed by atoms with Gasteiger partial charge < -0.3 is 14.6 Å². The summed E-state index contributed by atoms with van der Waals surface area (Å²) < 4.78 is 10.7. The number of aromatic hydroxyl groups is 1. The number of carbonyl (C=O) groups excluding carboxylic acids is 1. The van der Waals surface area contributed by atoms with Crippen molar-refractivity contribution in [2.75, 3.05) is 13.2 Å². The smallest absolute Gasteiger partial charge is 0.289 e. The van der Waals surface area contributed by atoms with Gasteiger partial charge in [-0.15, -0.1) is 0 Å². The summed E-state index contributed by atoms with van der Waals surface area (Å²) >= 11 is 0. The number of hydrogen-bond acceptors (Lipinski definition) is 6. The maximum Gasteiger partial charge on any atom is 0.289 e. The monoisotopic (exact) mass is 394 g/mol. The molecule has 0 unspecified atom stereocenters. The van der Waals surface area contributed by atoms with Crippen molar-refractivity contribution in [3.05, 3.63) is 59.8 Å². The lowest BCUT2D eigenvalue weighted by Crippen LogP contribution is -2.18. The Kier molecular flexibility index (Phi) is 6.47. The van der Waals surface area contributed by atoms with Crippen molar-refractivity contribution in [1.29, 1.82) is 0 Å². The SMILES string of the molecule is CCOc1ccc(-c2cc(C(=O)NN=Cc3ccc(O)c(OCC)c3)[nH]n2)cc1. The molecule has 0 aliphatic heterocycles. The van der Waals surface area contributed by atoms with Gasteiger partial charge in [0.25, 0.3) is 5.91 Å². The van der Waals surface area contributed by atoms with Gasteiger partial charge in [-0.2, -0.15) is 10.2 Å². The predicted octanol–water partition coefficient (Wildman–Crippen LogP) is 3.34. The Labute approximate surface area is 168 Å². The molecule has 0 saturated carbocycles. The Morgan fingerprint density at radius 3 is 2.62 bits per heavy atom. The van der Waals surface area contributed by atoms with Gasteiger partial charge >= 0.3 is 0 Å². The molecule has 8 nitrogen and oxygen atoms in total. The average Bonchev–Trinajstić information content (AvgIpc) is 3.22. The number of aromatic amines is 1. The van der Waals surface area contributed by atoms with Gasteiger partial charge in [-0.3, -0.25) is 9.89 Å². The highest BCUT2D eigenvalue weighted by molar-refractivity contribution is 5.94. The second-order valence-corrected chi connectivity index (χ2v) is 5.98. The van der Waals surface area contributed by atoms with Gasteiger partial charge in [-0.05, 0) is 67.9 Å². The topological polar surface area (TPSA) is 109 Å². The maximum atomic E-state index is 12.3. The number of benzene rings is 2. The molecule has 1 heterocycles. The molecule has 29 heavy (non-hydrogen) atoms. The first-order valence-corrected chi connectivity index (χ1v) is 9.18. The van der Waals surface area contributed by atoms with Gasteiger partial charge in [0.15, 0.2) is 11.5 Å². The number of H-pyrrole nitrogens is 1. The molecule has 3 aromatic rings. The Bertz CT molecular complexity index is 996. The second kappa shape index (κ2) is 9.41. The number of phenolic OH excluding ortho intramolecular Hbond substituents is 1. The van der Waals surface area contributed by atoms with E-state index in [2.05, 4.69) is 20.7 Å². The Balaban J connectivity index is 1.63. The van der Waals surface area contributed by atoms with Crippen LogP contribution in [0.15, 0.2) is 53.6 Å². The number of hydrogen-bond donors (Lipinski definition) is 3. The fourth-order valence-corrected chi connectivity index (χ4v) is 2.58. The van der Waals surface area contributed by atoms with Crippen molar-refractivity contribution in [3.63, 3.8) is 0 Å². The largest absolute Gasteiger partial charge is 0.504 e. The van der Waals surface area contributed by atoms with E-state index in [1.807, 2.05) is 38.1 Å². The molecule has 2 aromatic carbocycles. The van der Waals surface area contributed by atoms with Crippen LogP contribution >= 0.6 is 0 Å². The first-order chi connectivity index (χ1) is 14.1. The van der Waals surface area contributed by atoms with Crippen molar-refractivity contribution in [2.45, 2.75) is 13.8 Å². The van der Waals surface area contributed by atoms with Crippen LogP contribution in [-0.4, -0.2) is 40.6 Å². The Morgan fingerprint density at radius 1 is 1.14 bits per heavy atom. The third-order valence-corrected chi connectivity index (χ3v) is 3.95. The van der Waals surface area contributed by atoms with E-state index in [-0.39, 0.29) is 11.4 Å². The minimum absolute atomic E-state index is 0.0484. The molecule has 3 rings (SSSR count). The normalized spacial score (nSPS) is 10.8. The molecule has 0 spiro atoms. The molecule has 0 atom stereocenters. The number of nitrogens with one attached hydrogen (secondary N) is 2. The van der Waals surface area contributed by atoms with E-state index < -0.39 is 5.91 Å². The maximum absolute atomic E-state index is 12.3. The summed E-state index contributed by atoms with van der Waals surface area (Å²) in [5.41, 5.74) is 4.90. The molecule has 0 radical (unpaired) electrons. The second-order valence-electron chi connectivity index (χ2n) is 5.98. The molecule has 0 bridgehead atoms. The van der Waals surface area contributed by atoms with Crippen LogP contribution in [0, 0.1) is 0 Å². The van der Waals surface area contributed by atoms with Gasteiger partial charge in [0.2, 0.25) is 0 Å². The number of hydrazone groups is 1. The van der Waals surface area contributed by atoms with Crippen LogP contribution in [0.4, 0.5) is 0 Å². The van der Waals surface area contributed by atoms with E-state index in [0.717, 1.165) is 11.3 Å². The van der Waals surface area contributed by atoms with Crippen molar-refractivity contribution >= 4 is 12.1 Å². The number of carbonyl (C=O) groups is 1. The van der Waals surface area contributed by atoms with Crippen molar-refractivity contribution in [1.82, 2.24) is 15.6 Å². The standard InChI is InChI=1S/C21H22N4O4/c1-3-28-16-8-6-15(7-9-16)17-12-18(24-23-17)21(27)25-22-13-14-5-10-19(26)20(11-14)29-4-2/h5-13,26H,3-4H2,1-2H3,(H,23,24)(H,25,27). The van der Waals surface area contributed by atoms with Gasteiger partial charge in [-0.25, -0.2) is 5.43 Å². The van der Waals surface area contributed by atoms with E-state index in [1.165, 1.54) is 12.3 Å². The van der Waals surface area contributed by atoms with E-state index in [1.54, 1.807) is 18.2 Å². The summed E-state index contributed by atoms with van der Waals surface area (Å²) in [5.74, 6) is 0.763. The highest BCUT2D eigenvalue weighted by atomic mass is 16.5. The van der Waals surface area contributed by atoms with E-state index in [9.17, 15) is 9.90 Å². The number of rotatable bonds is 8. The molecule has 150 valence electrons. The molecular formula is C21H22N4O4. The zero-order valence-electron chi connectivity index (χ0n) is 16.2. The van der Waals surface area contributed by atoms with Crippen LogP contribution in [0.2, 0.25) is 0 Å².